The number of nitrogens with zero attached hydrogens (tertiary/aromatic N) is 1. The zero-order valence-electron chi connectivity index (χ0n) is 12.5. The van der Waals surface area contributed by atoms with E-state index in [9.17, 15) is 13.2 Å². The van der Waals surface area contributed by atoms with E-state index in [0.29, 0.717) is 6.54 Å². The molecule has 0 bridgehead atoms. The van der Waals surface area contributed by atoms with Crippen molar-refractivity contribution in [3.63, 3.8) is 0 Å². The van der Waals surface area contributed by atoms with Gasteiger partial charge in [-0.2, -0.15) is 0 Å². The molecule has 1 atom stereocenters. The third-order valence-corrected chi connectivity index (χ3v) is 4.86. The van der Waals surface area contributed by atoms with Crippen LogP contribution in [-0.4, -0.2) is 50.1 Å². The smallest absolute Gasteiger partial charge is 0.335 e. The highest BCUT2D eigenvalue weighted by molar-refractivity contribution is 7.89. The van der Waals surface area contributed by atoms with Crippen molar-refractivity contribution in [2.24, 2.45) is 0 Å². The first kappa shape index (κ1) is 17.6. The molecular weight excluding hydrogens is 292 g/mol. The molecule has 0 aliphatic carbocycles. The Hall–Kier alpha value is -1.44. The summed E-state index contributed by atoms with van der Waals surface area (Å²) < 4.78 is 26.8. The fourth-order valence-corrected chi connectivity index (χ4v) is 3.19. The summed E-state index contributed by atoms with van der Waals surface area (Å²) in [6.45, 7) is 8.03. The first-order valence-electron chi connectivity index (χ1n) is 6.88. The molecule has 2 N–H and O–H groups in total. The largest absolute Gasteiger partial charge is 0.478 e. The second-order valence-corrected chi connectivity index (χ2v) is 6.52. The third kappa shape index (κ3) is 4.80. The minimum atomic E-state index is -3.62. The molecule has 0 amide bonds. The monoisotopic (exact) mass is 314 g/mol. The maximum absolute atomic E-state index is 12.1. The van der Waals surface area contributed by atoms with Crippen molar-refractivity contribution in [2.75, 3.05) is 19.6 Å². The number of aromatic carboxylic acids is 1. The number of hydrogen-bond acceptors (Lipinski definition) is 4. The number of carboxylic acid groups (broad SMARTS) is 1. The van der Waals surface area contributed by atoms with Crippen LogP contribution in [0.15, 0.2) is 29.2 Å². The molecule has 0 heterocycles. The lowest BCUT2D eigenvalue weighted by molar-refractivity contribution is 0.0696. The molecule has 1 aromatic rings. The zero-order valence-corrected chi connectivity index (χ0v) is 13.4. The Morgan fingerprint density at radius 2 is 1.76 bits per heavy atom. The highest BCUT2D eigenvalue weighted by Gasteiger charge is 2.17. The molecule has 1 aromatic carbocycles. The molecule has 0 fully saturated rings. The van der Waals surface area contributed by atoms with Crippen molar-refractivity contribution < 1.29 is 18.3 Å². The summed E-state index contributed by atoms with van der Waals surface area (Å²) in [5.41, 5.74) is 0.0606. The van der Waals surface area contributed by atoms with Gasteiger partial charge in [0.1, 0.15) is 0 Å². The number of sulfonamides is 1. The number of rotatable bonds is 8. The van der Waals surface area contributed by atoms with Crippen LogP contribution in [0, 0.1) is 0 Å². The van der Waals surface area contributed by atoms with Crippen LogP contribution in [0.3, 0.4) is 0 Å². The predicted octanol–water partition coefficient (Wildman–Crippen LogP) is 1.39. The van der Waals surface area contributed by atoms with Crippen molar-refractivity contribution >= 4 is 16.0 Å². The van der Waals surface area contributed by atoms with Crippen LogP contribution < -0.4 is 4.72 Å². The molecule has 1 rings (SSSR count). The minimum Gasteiger partial charge on any atom is -0.478 e. The highest BCUT2D eigenvalue weighted by atomic mass is 32.2. The number of nitrogens with one attached hydrogen (secondary N) is 1. The molecule has 0 saturated heterocycles. The number of carbonyl (C=O) groups is 1. The lowest BCUT2D eigenvalue weighted by atomic mass is 10.2. The number of carboxylic acids is 1. The quantitative estimate of drug-likeness (QED) is 0.757. The molecule has 21 heavy (non-hydrogen) atoms. The summed E-state index contributed by atoms with van der Waals surface area (Å²) >= 11 is 0. The summed E-state index contributed by atoms with van der Waals surface area (Å²) in [5.74, 6) is -1.08. The maximum Gasteiger partial charge on any atom is 0.335 e. The van der Waals surface area contributed by atoms with Gasteiger partial charge < -0.3 is 5.11 Å². The molecule has 7 heteroatoms. The van der Waals surface area contributed by atoms with Crippen LogP contribution in [0.2, 0.25) is 0 Å². The standard InChI is InChI=1S/C14H22N2O4S/c1-4-16(5-2)11(3)10-15-21(19,20)13-8-6-12(7-9-13)14(17)18/h6-9,11,15H,4-5,10H2,1-3H3,(H,17,18). The van der Waals surface area contributed by atoms with Gasteiger partial charge in [0.05, 0.1) is 10.5 Å². The van der Waals surface area contributed by atoms with E-state index < -0.39 is 16.0 Å². The topological polar surface area (TPSA) is 86.7 Å². The molecule has 0 spiro atoms. The van der Waals surface area contributed by atoms with Crippen molar-refractivity contribution in [1.29, 1.82) is 0 Å². The van der Waals surface area contributed by atoms with E-state index in [2.05, 4.69) is 9.62 Å². The van der Waals surface area contributed by atoms with E-state index in [1.807, 2.05) is 20.8 Å². The molecule has 0 radical (unpaired) electrons. The van der Waals surface area contributed by atoms with Crippen molar-refractivity contribution in [1.82, 2.24) is 9.62 Å². The molecule has 1 unspecified atom stereocenters. The second kappa shape index (κ2) is 7.53. The van der Waals surface area contributed by atoms with Gasteiger partial charge in [-0.1, -0.05) is 13.8 Å². The van der Waals surface area contributed by atoms with Gasteiger partial charge >= 0.3 is 5.97 Å². The van der Waals surface area contributed by atoms with Gasteiger partial charge in [-0.25, -0.2) is 17.9 Å². The first-order chi connectivity index (χ1) is 9.81. The summed E-state index contributed by atoms with van der Waals surface area (Å²) in [4.78, 5) is 13.0. The molecule has 0 saturated carbocycles. The van der Waals surface area contributed by atoms with E-state index in [-0.39, 0.29) is 16.5 Å². The second-order valence-electron chi connectivity index (χ2n) is 4.75. The van der Waals surface area contributed by atoms with E-state index >= 15 is 0 Å². The lowest BCUT2D eigenvalue weighted by Crippen LogP contribution is -2.41. The normalized spacial score (nSPS) is 13.3. The van der Waals surface area contributed by atoms with Gasteiger partial charge in [0.15, 0.2) is 0 Å². The Bertz CT molecular complexity index is 565. The summed E-state index contributed by atoms with van der Waals surface area (Å²) in [7, 11) is -3.62. The first-order valence-corrected chi connectivity index (χ1v) is 8.37. The summed E-state index contributed by atoms with van der Waals surface area (Å²) in [5, 5.41) is 8.80. The fourth-order valence-electron chi connectivity index (χ4n) is 2.07. The Balaban J connectivity index is 2.75. The average molecular weight is 314 g/mol. The number of likely N-dealkylation sites (N-methyl/N-ethyl adjacent to an activating group) is 1. The van der Waals surface area contributed by atoms with Crippen molar-refractivity contribution in [2.45, 2.75) is 31.7 Å². The van der Waals surface area contributed by atoms with Gasteiger partial charge in [-0.05, 0) is 44.3 Å². The van der Waals surface area contributed by atoms with Crippen LogP contribution in [0.4, 0.5) is 0 Å². The highest BCUT2D eigenvalue weighted by Crippen LogP contribution is 2.11. The Labute approximate surface area is 125 Å². The van der Waals surface area contributed by atoms with Gasteiger partial charge in [0.2, 0.25) is 10.0 Å². The van der Waals surface area contributed by atoms with Crippen molar-refractivity contribution in [3.05, 3.63) is 29.8 Å². The van der Waals surface area contributed by atoms with E-state index in [4.69, 9.17) is 5.11 Å². The SMILES string of the molecule is CCN(CC)C(C)CNS(=O)(=O)c1ccc(C(=O)O)cc1. The Kier molecular flexibility index (Phi) is 6.32. The summed E-state index contributed by atoms with van der Waals surface area (Å²) in [6, 6.07) is 5.25. The molecule has 6 nitrogen and oxygen atoms in total. The van der Waals surface area contributed by atoms with Crippen LogP contribution in [-0.2, 0) is 10.0 Å². The zero-order chi connectivity index (χ0) is 16.0. The van der Waals surface area contributed by atoms with Crippen LogP contribution in [0.1, 0.15) is 31.1 Å². The average Bonchev–Trinajstić information content (AvgIpc) is 2.46. The van der Waals surface area contributed by atoms with Gasteiger partial charge in [0, 0.05) is 12.6 Å². The predicted molar refractivity (Wildman–Crippen MR) is 81.0 cm³/mol. The van der Waals surface area contributed by atoms with Gasteiger partial charge in [0.25, 0.3) is 0 Å². The number of benzene rings is 1. The van der Waals surface area contributed by atoms with Crippen LogP contribution >= 0.6 is 0 Å². The van der Waals surface area contributed by atoms with Crippen molar-refractivity contribution in [3.8, 4) is 0 Å². The number of hydrogen-bond donors (Lipinski definition) is 2. The lowest BCUT2D eigenvalue weighted by Gasteiger charge is -2.26. The Morgan fingerprint density at radius 3 is 2.19 bits per heavy atom. The maximum atomic E-state index is 12.1. The Morgan fingerprint density at radius 1 is 1.24 bits per heavy atom. The van der Waals surface area contributed by atoms with E-state index in [1.54, 1.807) is 0 Å². The van der Waals surface area contributed by atoms with Gasteiger partial charge in [-0.3, -0.25) is 4.90 Å². The third-order valence-electron chi connectivity index (χ3n) is 3.42. The molecule has 118 valence electrons. The summed E-state index contributed by atoms with van der Waals surface area (Å²) in [6.07, 6.45) is 0. The van der Waals surface area contributed by atoms with E-state index in [0.717, 1.165) is 13.1 Å². The van der Waals surface area contributed by atoms with Crippen LogP contribution in [0.5, 0.6) is 0 Å². The minimum absolute atomic E-state index is 0.0606. The molecule has 0 aliphatic heterocycles. The van der Waals surface area contributed by atoms with Crippen LogP contribution in [0.25, 0.3) is 0 Å². The molecule has 0 aromatic heterocycles. The molecule has 0 aliphatic rings. The molecular formula is C14H22N2O4S. The van der Waals surface area contributed by atoms with Gasteiger partial charge in [-0.15, -0.1) is 0 Å². The fraction of sp³-hybridized carbons (Fsp3) is 0.500. The van der Waals surface area contributed by atoms with E-state index in [1.165, 1.54) is 24.3 Å².